The first-order valence-electron chi connectivity index (χ1n) is 7.57. The van der Waals surface area contributed by atoms with Crippen molar-refractivity contribution in [2.75, 3.05) is 6.61 Å². The van der Waals surface area contributed by atoms with Crippen molar-refractivity contribution in [1.82, 2.24) is 25.3 Å². The number of fused-ring (bicyclic) bond motifs is 1. The van der Waals surface area contributed by atoms with Gasteiger partial charge in [0.15, 0.2) is 0 Å². The summed E-state index contributed by atoms with van der Waals surface area (Å²) in [4.78, 5) is 0. The van der Waals surface area contributed by atoms with Crippen LogP contribution in [0.1, 0.15) is 34.6 Å². The number of aromatic nitrogens is 4. The van der Waals surface area contributed by atoms with Crippen LogP contribution in [0, 0.1) is 13.8 Å². The molecule has 0 aliphatic heterocycles. The molecule has 3 rings (SSSR count). The van der Waals surface area contributed by atoms with Gasteiger partial charge in [0.05, 0.1) is 25.0 Å². The maximum absolute atomic E-state index is 9.07. The molecule has 0 amide bonds. The van der Waals surface area contributed by atoms with Gasteiger partial charge in [-0.1, -0.05) is 0 Å². The summed E-state index contributed by atoms with van der Waals surface area (Å²) in [6.45, 7) is 5.63. The van der Waals surface area contributed by atoms with Gasteiger partial charge >= 0.3 is 0 Å². The lowest BCUT2D eigenvalue weighted by molar-refractivity contribution is 0.267. The maximum atomic E-state index is 9.07. The van der Waals surface area contributed by atoms with Gasteiger partial charge in [0.1, 0.15) is 0 Å². The first-order chi connectivity index (χ1) is 10.2. The van der Waals surface area contributed by atoms with Gasteiger partial charge in [0.25, 0.3) is 0 Å². The number of aliphatic hydroxyl groups is 1. The minimum Gasteiger partial charge on any atom is -0.394 e. The minimum absolute atomic E-state index is 0.126. The molecule has 1 atom stereocenters. The summed E-state index contributed by atoms with van der Waals surface area (Å²) in [7, 11) is 0. The molecule has 6 nitrogen and oxygen atoms in total. The molecule has 0 saturated carbocycles. The molecule has 0 fully saturated rings. The molecule has 2 aromatic rings. The molecule has 1 aliphatic carbocycles. The summed E-state index contributed by atoms with van der Waals surface area (Å²) in [5.74, 6) is 0. The van der Waals surface area contributed by atoms with Gasteiger partial charge < -0.3 is 10.4 Å². The van der Waals surface area contributed by atoms with Crippen LogP contribution >= 0.6 is 0 Å². The van der Waals surface area contributed by atoms with E-state index in [1.807, 2.05) is 17.8 Å². The summed E-state index contributed by atoms with van der Waals surface area (Å²) in [5.41, 5.74) is 6.07. The molecular weight excluding hydrogens is 266 g/mol. The Labute approximate surface area is 124 Å². The van der Waals surface area contributed by atoms with Crippen molar-refractivity contribution in [1.29, 1.82) is 0 Å². The van der Waals surface area contributed by atoms with Crippen molar-refractivity contribution in [3.63, 3.8) is 0 Å². The van der Waals surface area contributed by atoms with Crippen molar-refractivity contribution < 1.29 is 5.11 Å². The van der Waals surface area contributed by atoms with Crippen molar-refractivity contribution in [2.24, 2.45) is 0 Å². The Hall–Kier alpha value is -1.66. The molecule has 0 bridgehead atoms. The van der Waals surface area contributed by atoms with Crippen LogP contribution in [-0.2, 0) is 25.9 Å². The Morgan fingerprint density at radius 3 is 3.14 bits per heavy atom. The molecule has 2 aromatic heterocycles. The quantitative estimate of drug-likeness (QED) is 0.763. The van der Waals surface area contributed by atoms with Crippen LogP contribution in [0.5, 0.6) is 0 Å². The fourth-order valence-electron chi connectivity index (χ4n) is 3.14. The van der Waals surface area contributed by atoms with Crippen LogP contribution in [0.2, 0.25) is 0 Å². The summed E-state index contributed by atoms with van der Waals surface area (Å²) in [6.07, 6.45) is 5.18. The molecule has 2 heterocycles. The van der Waals surface area contributed by atoms with Gasteiger partial charge in [-0.3, -0.25) is 9.78 Å². The summed E-state index contributed by atoms with van der Waals surface area (Å²) < 4.78 is 1.89. The Balaban J connectivity index is 1.63. The number of aliphatic hydroxyl groups excluding tert-OH is 1. The molecule has 1 aliphatic rings. The second-order valence-corrected chi connectivity index (χ2v) is 5.79. The number of hydrogen-bond donors (Lipinski definition) is 3. The van der Waals surface area contributed by atoms with Crippen LogP contribution in [0.3, 0.4) is 0 Å². The fraction of sp³-hybridized carbons (Fsp3) is 0.600. The zero-order valence-corrected chi connectivity index (χ0v) is 12.7. The smallest absolute Gasteiger partial charge is 0.0644 e. The van der Waals surface area contributed by atoms with E-state index in [1.54, 1.807) is 0 Å². The number of rotatable bonds is 5. The van der Waals surface area contributed by atoms with E-state index < -0.39 is 0 Å². The molecule has 0 saturated heterocycles. The second kappa shape index (κ2) is 5.99. The lowest BCUT2D eigenvalue weighted by atomic mass is 9.93. The molecule has 3 N–H and O–H groups in total. The third-order valence-electron chi connectivity index (χ3n) is 4.43. The van der Waals surface area contributed by atoms with E-state index in [0.29, 0.717) is 12.6 Å². The summed E-state index contributed by atoms with van der Waals surface area (Å²) in [6, 6.07) is 0.495. The minimum atomic E-state index is 0.126. The number of H-pyrrole nitrogens is 1. The number of nitrogens with one attached hydrogen (secondary N) is 2. The van der Waals surface area contributed by atoms with Crippen LogP contribution in [0.4, 0.5) is 0 Å². The van der Waals surface area contributed by atoms with Gasteiger partial charge in [0, 0.05) is 29.5 Å². The van der Waals surface area contributed by atoms with Crippen LogP contribution < -0.4 is 5.32 Å². The topological polar surface area (TPSA) is 78.8 Å². The van der Waals surface area contributed by atoms with Crippen molar-refractivity contribution in [2.45, 2.75) is 52.2 Å². The number of aromatic amines is 1. The predicted octanol–water partition coefficient (Wildman–Crippen LogP) is 0.862. The van der Waals surface area contributed by atoms with Crippen LogP contribution in [0.15, 0.2) is 6.20 Å². The number of hydrogen-bond acceptors (Lipinski definition) is 4. The molecule has 1 unspecified atom stereocenters. The lowest BCUT2D eigenvalue weighted by Crippen LogP contribution is -2.34. The van der Waals surface area contributed by atoms with E-state index in [4.69, 9.17) is 5.11 Å². The van der Waals surface area contributed by atoms with Gasteiger partial charge in [0.2, 0.25) is 0 Å². The molecule has 114 valence electrons. The highest BCUT2D eigenvalue weighted by Gasteiger charge is 2.20. The highest BCUT2D eigenvalue weighted by molar-refractivity contribution is 5.25. The fourth-order valence-corrected chi connectivity index (χ4v) is 3.14. The lowest BCUT2D eigenvalue weighted by Gasteiger charge is -2.23. The summed E-state index contributed by atoms with van der Waals surface area (Å²) in [5, 5.41) is 24.4. The predicted molar refractivity (Wildman–Crippen MR) is 80.0 cm³/mol. The van der Waals surface area contributed by atoms with E-state index in [2.05, 4.69) is 27.5 Å². The zero-order chi connectivity index (χ0) is 14.8. The van der Waals surface area contributed by atoms with Crippen molar-refractivity contribution in [3.8, 4) is 0 Å². The molecule has 0 spiro atoms. The number of aryl methyl sites for hydroxylation is 2. The monoisotopic (exact) mass is 289 g/mol. The van der Waals surface area contributed by atoms with Crippen LogP contribution in [0.25, 0.3) is 0 Å². The van der Waals surface area contributed by atoms with Gasteiger partial charge in [-0.15, -0.1) is 0 Å². The Morgan fingerprint density at radius 2 is 2.33 bits per heavy atom. The maximum Gasteiger partial charge on any atom is 0.0644 e. The second-order valence-electron chi connectivity index (χ2n) is 5.79. The van der Waals surface area contributed by atoms with Gasteiger partial charge in [-0.05, 0) is 38.7 Å². The molecule has 0 radical (unpaired) electrons. The van der Waals surface area contributed by atoms with Gasteiger partial charge in [-0.25, -0.2) is 0 Å². The molecule has 0 aromatic carbocycles. The highest BCUT2D eigenvalue weighted by Crippen LogP contribution is 2.20. The number of nitrogens with zero attached hydrogens (tertiary/aromatic N) is 3. The molecule has 21 heavy (non-hydrogen) atoms. The molecular formula is C15H23N5O. The first kappa shape index (κ1) is 14.3. The largest absolute Gasteiger partial charge is 0.394 e. The SMILES string of the molecule is Cc1nn(CCO)c(C)c1CNC1CCc2[nH]ncc2C1. The average molecular weight is 289 g/mol. The summed E-state index contributed by atoms with van der Waals surface area (Å²) >= 11 is 0. The Bertz CT molecular complexity index is 616. The van der Waals surface area contributed by atoms with E-state index in [9.17, 15) is 0 Å². The first-order valence-corrected chi connectivity index (χ1v) is 7.57. The Kier molecular flexibility index (Phi) is 4.07. The van der Waals surface area contributed by atoms with E-state index in [0.717, 1.165) is 37.2 Å². The average Bonchev–Trinajstić information content (AvgIpc) is 3.03. The van der Waals surface area contributed by atoms with E-state index in [-0.39, 0.29) is 6.61 Å². The third kappa shape index (κ3) is 2.87. The highest BCUT2D eigenvalue weighted by atomic mass is 16.3. The van der Waals surface area contributed by atoms with E-state index >= 15 is 0 Å². The van der Waals surface area contributed by atoms with E-state index in [1.165, 1.54) is 16.8 Å². The van der Waals surface area contributed by atoms with Crippen LogP contribution in [-0.4, -0.2) is 37.7 Å². The zero-order valence-electron chi connectivity index (χ0n) is 12.7. The van der Waals surface area contributed by atoms with Gasteiger partial charge in [-0.2, -0.15) is 10.2 Å². The third-order valence-corrected chi connectivity index (χ3v) is 4.43. The standard InChI is InChI=1S/C15H23N5O/c1-10-14(11(2)20(19-10)5-6-21)9-16-13-3-4-15-12(7-13)8-17-18-15/h8,13,16,21H,3-7,9H2,1-2H3,(H,17,18). The van der Waals surface area contributed by atoms with Crippen molar-refractivity contribution in [3.05, 3.63) is 34.4 Å². The normalized spacial score (nSPS) is 18.0. The molecule has 6 heteroatoms. The van der Waals surface area contributed by atoms with Crippen molar-refractivity contribution >= 4 is 0 Å². The Morgan fingerprint density at radius 1 is 1.48 bits per heavy atom.